The van der Waals surface area contributed by atoms with Crippen molar-refractivity contribution >= 4 is 39.4 Å². The van der Waals surface area contributed by atoms with Crippen LogP contribution in [0.25, 0.3) is 11.0 Å². The van der Waals surface area contributed by atoms with Crippen molar-refractivity contribution in [3.63, 3.8) is 0 Å². The molecule has 1 unspecified atom stereocenters. The fraction of sp³-hybridized carbons (Fsp3) is 0.524. The maximum Gasteiger partial charge on any atom is 0.271 e. The lowest BCUT2D eigenvalue weighted by Gasteiger charge is -2.19. The summed E-state index contributed by atoms with van der Waals surface area (Å²) < 4.78 is 15.4. The molecule has 0 saturated heterocycles. The van der Waals surface area contributed by atoms with E-state index in [1.807, 2.05) is 27.1 Å². The lowest BCUT2D eigenvalue weighted by Crippen LogP contribution is -2.23. The highest BCUT2D eigenvalue weighted by atomic mass is 35.5. The van der Waals surface area contributed by atoms with E-state index in [0.717, 1.165) is 23.1 Å². The molecule has 3 aromatic heterocycles. The van der Waals surface area contributed by atoms with Crippen molar-refractivity contribution in [2.24, 2.45) is 7.05 Å². The molecule has 0 aromatic carbocycles. The summed E-state index contributed by atoms with van der Waals surface area (Å²) in [5.41, 5.74) is 0.365. The van der Waals surface area contributed by atoms with Gasteiger partial charge in [-0.05, 0) is 32.8 Å². The number of aromatic nitrogens is 5. The van der Waals surface area contributed by atoms with Gasteiger partial charge >= 0.3 is 0 Å². The molecule has 1 atom stereocenters. The summed E-state index contributed by atoms with van der Waals surface area (Å²) in [4.78, 5) is 21.3. The van der Waals surface area contributed by atoms with Crippen LogP contribution in [0, 0.1) is 0 Å². The van der Waals surface area contributed by atoms with Gasteiger partial charge in [-0.3, -0.25) is 18.3 Å². The smallest absolute Gasteiger partial charge is 0.271 e. The highest BCUT2D eigenvalue weighted by Crippen LogP contribution is 2.25. The zero-order valence-corrected chi connectivity index (χ0v) is 19.9. The number of pyridine rings is 1. The number of rotatable bonds is 4. The molecule has 31 heavy (non-hydrogen) atoms. The van der Waals surface area contributed by atoms with Gasteiger partial charge in [0.1, 0.15) is 10.7 Å². The average molecular weight is 465 g/mol. The highest BCUT2D eigenvalue weighted by Gasteiger charge is 2.21. The Balaban J connectivity index is 0.000000179. The van der Waals surface area contributed by atoms with Crippen molar-refractivity contribution in [3.8, 4) is 0 Å². The predicted molar refractivity (Wildman–Crippen MR) is 125 cm³/mol. The topological polar surface area (TPSA) is 94.7 Å². The van der Waals surface area contributed by atoms with Gasteiger partial charge in [-0.1, -0.05) is 30.9 Å². The van der Waals surface area contributed by atoms with Crippen molar-refractivity contribution < 1.29 is 4.21 Å². The summed E-state index contributed by atoms with van der Waals surface area (Å²) in [6.45, 7) is 3.83. The van der Waals surface area contributed by atoms with E-state index in [-0.39, 0.29) is 16.6 Å². The summed E-state index contributed by atoms with van der Waals surface area (Å²) in [5.74, 6) is 0.480. The Labute approximate surface area is 189 Å². The zero-order chi connectivity index (χ0) is 22.5. The lowest BCUT2D eigenvalue weighted by atomic mass is 10.0. The van der Waals surface area contributed by atoms with Gasteiger partial charge in [0.25, 0.3) is 5.56 Å². The molecule has 3 aromatic rings. The molecule has 0 spiro atoms. The summed E-state index contributed by atoms with van der Waals surface area (Å²) >= 11 is 5.91. The number of aryl methyl sites for hydroxylation is 1. The van der Waals surface area contributed by atoms with E-state index in [9.17, 15) is 9.00 Å². The maximum absolute atomic E-state index is 12.1. The molecule has 4 rings (SSSR count). The molecule has 1 saturated carbocycles. The summed E-state index contributed by atoms with van der Waals surface area (Å²) in [5, 5.41) is 8.21. The third-order valence-corrected chi connectivity index (χ3v) is 7.26. The Kier molecular flexibility index (Phi) is 7.83. The van der Waals surface area contributed by atoms with E-state index < -0.39 is 10.8 Å². The lowest BCUT2D eigenvalue weighted by molar-refractivity contribution is 0.504. The minimum atomic E-state index is -0.832. The normalized spacial score (nSPS) is 15.5. The molecule has 3 heterocycles. The minimum absolute atomic E-state index is 0.0108. The number of hydrogen-bond donors (Lipinski definition) is 1. The SMILES string of the molecule is CNc1ncc2cc(Cl)c(=O)n(C(C)C)c2n1.Cn1cc(S(=O)C2CCCCC2)cn1. The van der Waals surface area contributed by atoms with Crippen molar-refractivity contribution in [1.82, 2.24) is 24.3 Å². The Morgan fingerprint density at radius 2 is 1.94 bits per heavy atom. The van der Waals surface area contributed by atoms with Crippen molar-refractivity contribution in [2.45, 2.75) is 62.1 Å². The minimum Gasteiger partial charge on any atom is -0.357 e. The molecular formula is C21H29ClN6O2S. The standard InChI is InChI=1S/C11H13ClN4O.C10H16N2OS/c1-6(2)16-9-7(4-8(12)10(16)17)5-14-11(13-3)15-9;1-12-8-10(7-11-12)14(13)9-5-3-2-4-6-9/h4-6H,1-3H3,(H,13,14,15);7-9H,2-6H2,1H3. The van der Waals surface area contributed by atoms with Crippen LogP contribution in [-0.4, -0.2) is 40.8 Å². The molecule has 10 heteroatoms. The monoisotopic (exact) mass is 464 g/mol. The Hall–Kier alpha value is -2.26. The van der Waals surface area contributed by atoms with Gasteiger partial charge in [-0.25, -0.2) is 4.98 Å². The summed E-state index contributed by atoms with van der Waals surface area (Å²) in [6, 6.07) is 1.58. The van der Waals surface area contributed by atoms with E-state index in [1.165, 1.54) is 19.3 Å². The van der Waals surface area contributed by atoms with E-state index in [4.69, 9.17) is 11.6 Å². The van der Waals surface area contributed by atoms with Gasteiger partial charge in [0.15, 0.2) is 0 Å². The second kappa shape index (κ2) is 10.4. The third-order valence-electron chi connectivity index (χ3n) is 5.24. The fourth-order valence-corrected chi connectivity index (χ4v) is 5.42. The quantitative estimate of drug-likeness (QED) is 0.628. The van der Waals surface area contributed by atoms with Gasteiger partial charge in [0, 0.05) is 43.2 Å². The second-order valence-corrected chi connectivity index (χ2v) is 10.0. The van der Waals surface area contributed by atoms with E-state index >= 15 is 0 Å². The van der Waals surface area contributed by atoms with Crippen molar-refractivity contribution in [3.05, 3.63) is 40.0 Å². The van der Waals surface area contributed by atoms with Crippen LogP contribution < -0.4 is 10.9 Å². The fourth-order valence-electron chi connectivity index (χ4n) is 3.66. The summed E-state index contributed by atoms with van der Waals surface area (Å²) in [7, 11) is 2.76. The van der Waals surface area contributed by atoms with Crippen LogP contribution in [-0.2, 0) is 17.8 Å². The van der Waals surface area contributed by atoms with Crippen LogP contribution in [0.2, 0.25) is 5.02 Å². The average Bonchev–Trinajstić information content (AvgIpc) is 3.21. The third kappa shape index (κ3) is 5.51. The molecule has 1 aliphatic rings. The van der Waals surface area contributed by atoms with Crippen LogP contribution in [0.3, 0.4) is 0 Å². The van der Waals surface area contributed by atoms with Crippen LogP contribution in [0.5, 0.6) is 0 Å². The molecule has 0 aliphatic heterocycles. The number of nitrogens with one attached hydrogen (secondary N) is 1. The Bertz CT molecular complexity index is 1120. The highest BCUT2D eigenvalue weighted by molar-refractivity contribution is 7.85. The van der Waals surface area contributed by atoms with E-state index in [0.29, 0.717) is 16.8 Å². The number of fused-ring (bicyclic) bond motifs is 1. The maximum atomic E-state index is 12.1. The molecule has 0 amide bonds. The van der Waals surface area contributed by atoms with E-state index in [1.54, 1.807) is 34.8 Å². The van der Waals surface area contributed by atoms with Gasteiger partial charge in [-0.15, -0.1) is 0 Å². The number of halogens is 1. The first kappa shape index (κ1) is 23.4. The predicted octanol–water partition coefficient (Wildman–Crippen LogP) is 3.93. The number of anilines is 1. The molecule has 0 radical (unpaired) electrons. The largest absolute Gasteiger partial charge is 0.357 e. The van der Waals surface area contributed by atoms with Crippen LogP contribution >= 0.6 is 11.6 Å². The number of nitrogens with zero attached hydrogens (tertiary/aromatic N) is 5. The Morgan fingerprint density at radius 1 is 1.23 bits per heavy atom. The first-order valence-corrected chi connectivity index (χ1v) is 12.1. The van der Waals surface area contributed by atoms with Crippen LogP contribution in [0.4, 0.5) is 5.95 Å². The zero-order valence-electron chi connectivity index (χ0n) is 18.3. The first-order chi connectivity index (χ1) is 14.8. The van der Waals surface area contributed by atoms with Gasteiger partial charge in [0.2, 0.25) is 5.95 Å². The van der Waals surface area contributed by atoms with Gasteiger partial charge in [0.05, 0.1) is 21.9 Å². The second-order valence-electron chi connectivity index (χ2n) is 7.89. The molecule has 0 bridgehead atoms. The first-order valence-electron chi connectivity index (χ1n) is 10.5. The molecule has 8 nitrogen and oxygen atoms in total. The van der Waals surface area contributed by atoms with Gasteiger partial charge < -0.3 is 5.32 Å². The van der Waals surface area contributed by atoms with Gasteiger partial charge in [-0.2, -0.15) is 10.1 Å². The van der Waals surface area contributed by atoms with E-state index in [2.05, 4.69) is 20.4 Å². The van der Waals surface area contributed by atoms with Crippen molar-refractivity contribution in [2.75, 3.05) is 12.4 Å². The number of hydrogen-bond acceptors (Lipinski definition) is 6. The molecule has 168 valence electrons. The molecule has 1 aliphatic carbocycles. The molecule has 1 N–H and O–H groups in total. The van der Waals surface area contributed by atoms with Crippen molar-refractivity contribution in [1.29, 1.82) is 0 Å². The summed E-state index contributed by atoms with van der Waals surface area (Å²) in [6.07, 6.45) is 11.2. The van der Waals surface area contributed by atoms with Crippen LogP contribution in [0.15, 0.2) is 34.3 Å². The molecular weight excluding hydrogens is 436 g/mol. The molecule has 1 fully saturated rings. The Morgan fingerprint density at radius 3 is 2.52 bits per heavy atom. The van der Waals surface area contributed by atoms with Crippen LogP contribution in [0.1, 0.15) is 52.0 Å².